The lowest BCUT2D eigenvalue weighted by Crippen LogP contribution is -1.82. The SMILES string of the molecule is C/C=C(\C=C/C1=C(C)OCO1)CC. The monoisotopic (exact) mass is 180 g/mol. The van der Waals surface area contributed by atoms with E-state index in [-0.39, 0.29) is 0 Å². The first-order valence-corrected chi connectivity index (χ1v) is 4.57. The van der Waals surface area contributed by atoms with E-state index in [4.69, 9.17) is 9.47 Å². The molecule has 0 saturated carbocycles. The third kappa shape index (κ3) is 2.65. The molecule has 13 heavy (non-hydrogen) atoms. The van der Waals surface area contributed by atoms with Crippen molar-refractivity contribution >= 4 is 0 Å². The highest BCUT2D eigenvalue weighted by molar-refractivity contribution is 5.26. The minimum atomic E-state index is 0.350. The van der Waals surface area contributed by atoms with Crippen molar-refractivity contribution in [3.05, 3.63) is 35.3 Å². The molecule has 0 aromatic rings. The van der Waals surface area contributed by atoms with Crippen LogP contribution < -0.4 is 0 Å². The first-order chi connectivity index (χ1) is 6.27. The van der Waals surface area contributed by atoms with E-state index >= 15 is 0 Å². The van der Waals surface area contributed by atoms with E-state index in [2.05, 4.69) is 19.1 Å². The summed E-state index contributed by atoms with van der Waals surface area (Å²) in [4.78, 5) is 0. The average Bonchev–Trinajstić information content (AvgIpc) is 2.54. The zero-order chi connectivity index (χ0) is 9.68. The zero-order valence-electron chi connectivity index (χ0n) is 8.46. The highest BCUT2D eigenvalue weighted by Crippen LogP contribution is 2.17. The van der Waals surface area contributed by atoms with Crippen LogP contribution in [0.1, 0.15) is 27.2 Å². The summed E-state index contributed by atoms with van der Waals surface area (Å²) in [6.07, 6.45) is 7.16. The lowest BCUT2D eigenvalue weighted by atomic mass is 10.2. The van der Waals surface area contributed by atoms with E-state index in [1.165, 1.54) is 5.57 Å². The van der Waals surface area contributed by atoms with E-state index in [9.17, 15) is 0 Å². The number of ether oxygens (including phenoxy) is 2. The third-order valence-electron chi connectivity index (χ3n) is 2.06. The Morgan fingerprint density at radius 1 is 1.46 bits per heavy atom. The molecule has 1 aliphatic rings. The third-order valence-corrected chi connectivity index (χ3v) is 2.06. The molecule has 0 aliphatic carbocycles. The summed E-state index contributed by atoms with van der Waals surface area (Å²) in [6.45, 7) is 6.43. The molecule has 0 atom stereocenters. The standard InChI is InChI=1S/C11H16O2/c1-4-10(5-2)6-7-11-9(3)12-8-13-11/h4,6-7H,5,8H2,1-3H3/b7-6-,10-4-. The summed E-state index contributed by atoms with van der Waals surface area (Å²) in [5.41, 5.74) is 1.30. The molecule has 2 heteroatoms. The van der Waals surface area contributed by atoms with Gasteiger partial charge >= 0.3 is 0 Å². The predicted molar refractivity (Wildman–Crippen MR) is 52.9 cm³/mol. The molecule has 0 spiro atoms. The predicted octanol–water partition coefficient (Wildman–Crippen LogP) is 3.13. The Morgan fingerprint density at radius 3 is 2.69 bits per heavy atom. The molecule has 2 nitrogen and oxygen atoms in total. The Bertz CT molecular complexity index is 259. The summed E-state index contributed by atoms with van der Waals surface area (Å²) >= 11 is 0. The van der Waals surface area contributed by atoms with Gasteiger partial charge < -0.3 is 9.47 Å². The van der Waals surface area contributed by atoms with Crippen LogP contribution in [0, 0.1) is 0 Å². The molecular weight excluding hydrogens is 164 g/mol. The van der Waals surface area contributed by atoms with E-state index < -0.39 is 0 Å². The Labute approximate surface area is 79.5 Å². The molecule has 0 N–H and O–H groups in total. The number of allylic oxidation sites excluding steroid dienone is 5. The summed E-state index contributed by atoms with van der Waals surface area (Å²) in [5, 5.41) is 0. The fourth-order valence-corrected chi connectivity index (χ4v) is 1.12. The first kappa shape index (κ1) is 9.90. The van der Waals surface area contributed by atoms with Gasteiger partial charge in [-0.25, -0.2) is 0 Å². The fourth-order valence-electron chi connectivity index (χ4n) is 1.12. The van der Waals surface area contributed by atoms with Gasteiger partial charge in [0.25, 0.3) is 0 Å². The van der Waals surface area contributed by atoms with Crippen LogP contribution in [0.3, 0.4) is 0 Å². The molecule has 1 aliphatic heterocycles. The first-order valence-electron chi connectivity index (χ1n) is 4.57. The topological polar surface area (TPSA) is 18.5 Å². The molecule has 0 unspecified atom stereocenters. The molecule has 0 aromatic carbocycles. The van der Waals surface area contributed by atoms with Crippen LogP contribution in [-0.2, 0) is 9.47 Å². The van der Waals surface area contributed by atoms with Crippen LogP contribution in [-0.4, -0.2) is 6.79 Å². The van der Waals surface area contributed by atoms with E-state index in [1.54, 1.807) is 0 Å². The maximum absolute atomic E-state index is 5.25. The van der Waals surface area contributed by atoms with Crippen LogP contribution in [0.2, 0.25) is 0 Å². The van der Waals surface area contributed by atoms with Crippen molar-refractivity contribution in [3.8, 4) is 0 Å². The van der Waals surface area contributed by atoms with E-state index in [1.807, 2.05) is 19.9 Å². The lowest BCUT2D eigenvalue weighted by molar-refractivity contribution is 0.0750. The second-order valence-electron chi connectivity index (χ2n) is 2.88. The summed E-state index contributed by atoms with van der Waals surface area (Å²) in [5.74, 6) is 1.70. The number of rotatable bonds is 3. The van der Waals surface area contributed by atoms with Crippen molar-refractivity contribution in [1.82, 2.24) is 0 Å². The fraction of sp³-hybridized carbons (Fsp3) is 0.455. The van der Waals surface area contributed by atoms with Crippen molar-refractivity contribution in [2.24, 2.45) is 0 Å². The van der Waals surface area contributed by atoms with Crippen LogP contribution in [0.15, 0.2) is 35.3 Å². The lowest BCUT2D eigenvalue weighted by Gasteiger charge is -1.95. The molecule has 1 heterocycles. The molecule has 0 bridgehead atoms. The quantitative estimate of drug-likeness (QED) is 0.621. The van der Waals surface area contributed by atoms with E-state index in [0.717, 1.165) is 17.9 Å². The van der Waals surface area contributed by atoms with Crippen molar-refractivity contribution in [2.75, 3.05) is 6.79 Å². The van der Waals surface area contributed by atoms with Crippen LogP contribution in [0.25, 0.3) is 0 Å². The van der Waals surface area contributed by atoms with Gasteiger partial charge in [-0.3, -0.25) is 0 Å². The van der Waals surface area contributed by atoms with Crippen molar-refractivity contribution in [3.63, 3.8) is 0 Å². The zero-order valence-corrected chi connectivity index (χ0v) is 8.46. The highest BCUT2D eigenvalue weighted by atomic mass is 16.7. The van der Waals surface area contributed by atoms with Crippen molar-refractivity contribution in [2.45, 2.75) is 27.2 Å². The van der Waals surface area contributed by atoms with Gasteiger partial charge in [-0.2, -0.15) is 0 Å². The molecule has 72 valence electrons. The van der Waals surface area contributed by atoms with Crippen molar-refractivity contribution in [1.29, 1.82) is 0 Å². The van der Waals surface area contributed by atoms with Gasteiger partial charge in [-0.1, -0.05) is 24.6 Å². The van der Waals surface area contributed by atoms with Crippen LogP contribution in [0.4, 0.5) is 0 Å². The largest absolute Gasteiger partial charge is 0.458 e. The van der Waals surface area contributed by atoms with Gasteiger partial charge in [-0.15, -0.1) is 0 Å². The highest BCUT2D eigenvalue weighted by Gasteiger charge is 2.08. The van der Waals surface area contributed by atoms with Crippen LogP contribution in [0.5, 0.6) is 0 Å². The second-order valence-corrected chi connectivity index (χ2v) is 2.88. The van der Waals surface area contributed by atoms with Gasteiger partial charge in [0.2, 0.25) is 6.79 Å². The Hall–Kier alpha value is -1.18. The van der Waals surface area contributed by atoms with Crippen molar-refractivity contribution < 1.29 is 9.47 Å². The molecule has 0 saturated heterocycles. The molecule has 0 aromatic heterocycles. The molecule has 0 radical (unpaired) electrons. The Kier molecular flexibility index (Phi) is 3.62. The number of hydrogen-bond donors (Lipinski definition) is 0. The minimum absolute atomic E-state index is 0.350. The molecule has 0 amide bonds. The Morgan fingerprint density at radius 2 is 2.23 bits per heavy atom. The maximum atomic E-state index is 5.25. The van der Waals surface area contributed by atoms with Gasteiger partial charge in [-0.05, 0) is 26.3 Å². The second kappa shape index (κ2) is 4.75. The summed E-state index contributed by atoms with van der Waals surface area (Å²) in [6, 6.07) is 0. The molecular formula is C11H16O2. The normalized spacial score (nSPS) is 17.9. The molecule has 0 fully saturated rings. The summed E-state index contributed by atoms with van der Waals surface area (Å²) < 4.78 is 10.4. The van der Waals surface area contributed by atoms with Crippen LogP contribution >= 0.6 is 0 Å². The van der Waals surface area contributed by atoms with Gasteiger partial charge in [0, 0.05) is 0 Å². The molecule has 1 rings (SSSR count). The smallest absolute Gasteiger partial charge is 0.230 e. The van der Waals surface area contributed by atoms with E-state index in [0.29, 0.717) is 6.79 Å². The summed E-state index contributed by atoms with van der Waals surface area (Å²) in [7, 11) is 0. The Balaban J connectivity index is 2.62. The minimum Gasteiger partial charge on any atom is -0.458 e. The average molecular weight is 180 g/mol. The van der Waals surface area contributed by atoms with Gasteiger partial charge in [0.15, 0.2) is 5.76 Å². The maximum Gasteiger partial charge on any atom is 0.230 e. The van der Waals surface area contributed by atoms with Gasteiger partial charge in [0.1, 0.15) is 5.76 Å². The number of hydrogen-bond acceptors (Lipinski definition) is 2. The van der Waals surface area contributed by atoms with Gasteiger partial charge in [0.05, 0.1) is 0 Å².